The second-order valence-electron chi connectivity index (χ2n) is 3.93. The molecule has 2 heterocycles. The zero-order chi connectivity index (χ0) is 11.0. The molecule has 2 rings (SSSR count). The maximum Gasteiger partial charge on any atom is 0.0991 e. The Morgan fingerprint density at radius 1 is 1.53 bits per heavy atom. The molecular weight excluding hydrogens is 251 g/mol. The molecule has 1 aliphatic heterocycles. The van der Waals surface area contributed by atoms with Crippen LogP contribution in [0.2, 0.25) is 8.67 Å². The third kappa shape index (κ3) is 2.32. The van der Waals surface area contributed by atoms with Crippen molar-refractivity contribution in [3.05, 3.63) is 20.3 Å². The molecule has 1 atom stereocenters. The molecule has 0 spiro atoms. The first kappa shape index (κ1) is 11.7. The summed E-state index contributed by atoms with van der Waals surface area (Å²) in [6.07, 6.45) is 0. The third-order valence-corrected chi connectivity index (χ3v) is 4.60. The summed E-state index contributed by atoms with van der Waals surface area (Å²) in [5.41, 5.74) is 1.14. The molecule has 5 heteroatoms. The van der Waals surface area contributed by atoms with Gasteiger partial charge in [-0.3, -0.25) is 4.90 Å². The Labute approximate surface area is 104 Å². The average molecular weight is 265 g/mol. The summed E-state index contributed by atoms with van der Waals surface area (Å²) in [6, 6.07) is 2.92. The molecule has 0 radical (unpaired) electrons. The van der Waals surface area contributed by atoms with E-state index in [4.69, 9.17) is 23.2 Å². The highest BCUT2D eigenvalue weighted by Crippen LogP contribution is 2.37. The molecule has 84 valence electrons. The fraction of sp³-hybridized carbons (Fsp3) is 0.600. The number of thiophene rings is 1. The first-order valence-electron chi connectivity index (χ1n) is 4.97. The van der Waals surface area contributed by atoms with Gasteiger partial charge in [0.05, 0.1) is 8.67 Å². The van der Waals surface area contributed by atoms with E-state index >= 15 is 0 Å². The first-order chi connectivity index (χ1) is 7.09. The van der Waals surface area contributed by atoms with Gasteiger partial charge in [0.25, 0.3) is 0 Å². The number of halogens is 2. The van der Waals surface area contributed by atoms with Crippen LogP contribution in [0, 0.1) is 0 Å². The van der Waals surface area contributed by atoms with Crippen molar-refractivity contribution in [3.8, 4) is 0 Å². The summed E-state index contributed by atoms with van der Waals surface area (Å²) in [4.78, 5) is 2.35. The van der Waals surface area contributed by atoms with Crippen molar-refractivity contribution in [1.82, 2.24) is 10.2 Å². The van der Waals surface area contributed by atoms with Crippen LogP contribution in [0.5, 0.6) is 0 Å². The lowest BCUT2D eigenvalue weighted by atomic mass is 10.1. The number of rotatable bonds is 3. The predicted molar refractivity (Wildman–Crippen MR) is 67.2 cm³/mol. The van der Waals surface area contributed by atoms with E-state index in [1.807, 2.05) is 6.07 Å². The van der Waals surface area contributed by atoms with Crippen molar-refractivity contribution < 1.29 is 0 Å². The van der Waals surface area contributed by atoms with Crippen molar-refractivity contribution in [2.75, 3.05) is 20.1 Å². The van der Waals surface area contributed by atoms with Gasteiger partial charge < -0.3 is 5.32 Å². The van der Waals surface area contributed by atoms with Crippen LogP contribution in [0.3, 0.4) is 0 Å². The van der Waals surface area contributed by atoms with Crippen LogP contribution in [0.4, 0.5) is 0 Å². The summed E-state index contributed by atoms with van der Waals surface area (Å²) >= 11 is 13.5. The maximum absolute atomic E-state index is 6.14. The summed E-state index contributed by atoms with van der Waals surface area (Å²) in [5.74, 6) is 0. The summed E-state index contributed by atoms with van der Waals surface area (Å²) in [6.45, 7) is 4.30. The largest absolute Gasteiger partial charge is 0.314 e. The van der Waals surface area contributed by atoms with Crippen LogP contribution in [0.1, 0.15) is 18.5 Å². The van der Waals surface area contributed by atoms with Crippen molar-refractivity contribution >= 4 is 34.5 Å². The first-order valence-corrected chi connectivity index (χ1v) is 6.54. The molecule has 2 nitrogen and oxygen atoms in total. The van der Waals surface area contributed by atoms with Gasteiger partial charge in [0.2, 0.25) is 0 Å². The van der Waals surface area contributed by atoms with Crippen LogP contribution in [0.15, 0.2) is 6.07 Å². The van der Waals surface area contributed by atoms with Gasteiger partial charge in [-0.05, 0) is 20.0 Å². The van der Waals surface area contributed by atoms with Crippen LogP contribution in [-0.2, 0) is 0 Å². The Morgan fingerprint density at radius 2 is 2.20 bits per heavy atom. The second kappa shape index (κ2) is 4.60. The van der Waals surface area contributed by atoms with Gasteiger partial charge in [0, 0.05) is 30.7 Å². The number of likely N-dealkylation sites (N-methyl/N-ethyl adjacent to an activating group) is 1. The quantitative estimate of drug-likeness (QED) is 0.903. The molecule has 1 saturated heterocycles. The Hall–Kier alpha value is 0.200. The van der Waals surface area contributed by atoms with Crippen LogP contribution < -0.4 is 5.32 Å². The summed E-state index contributed by atoms with van der Waals surface area (Å²) < 4.78 is 1.58. The standard InChI is InChI=1S/C10H14Cl2N2S/c1-6(14(2)7-4-13-5-7)8-3-9(11)15-10(8)12/h3,6-7,13H,4-5H2,1-2H3. The van der Waals surface area contributed by atoms with Crippen LogP contribution in [-0.4, -0.2) is 31.1 Å². The minimum atomic E-state index is 0.327. The highest BCUT2D eigenvalue weighted by Gasteiger charge is 2.27. The molecule has 0 saturated carbocycles. The fourth-order valence-electron chi connectivity index (χ4n) is 1.73. The molecule has 1 unspecified atom stereocenters. The molecule has 15 heavy (non-hydrogen) atoms. The Morgan fingerprint density at radius 3 is 2.60 bits per heavy atom. The van der Waals surface area contributed by atoms with Gasteiger partial charge in [-0.1, -0.05) is 23.2 Å². The molecule has 1 aromatic heterocycles. The van der Waals surface area contributed by atoms with E-state index in [0.29, 0.717) is 12.1 Å². The molecule has 0 amide bonds. The lowest BCUT2D eigenvalue weighted by Crippen LogP contribution is -2.56. The van der Waals surface area contributed by atoms with E-state index in [1.54, 1.807) is 0 Å². The van der Waals surface area contributed by atoms with Crippen molar-refractivity contribution in [2.45, 2.75) is 19.0 Å². The van der Waals surface area contributed by atoms with E-state index in [2.05, 4.69) is 24.2 Å². The van der Waals surface area contributed by atoms with Crippen LogP contribution >= 0.6 is 34.5 Å². The SMILES string of the molecule is CC(c1cc(Cl)sc1Cl)N(C)C1CNC1. The van der Waals surface area contributed by atoms with Gasteiger partial charge in [-0.2, -0.15) is 0 Å². The second-order valence-corrected chi connectivity index (χ2v) is 6.22. The molecule has 0 aromatic carbocycles. The minimum Gasteiger partial charge on any atom is -0.314 e. The number of nitrogens with one attached hydrogen (secondary N) is 1. The van der Waals surface area contributed by atoms with Gasteiger partial charge in [0.1, 0.15) is 0 Å². The Kier molecular flexibility index (Phi) is 3.58. The van der Waals surface area contributed by atoms with Gasteiger partial charge >= 0.3 is 0 Å². The molecular formula is C10H14Cl2N2S. The monoisotopic (exact) mass is 264 g/mol. The van der Waals surface area contributed by atoms with Crippen molar-refractivity contribution in [1.29, 1.82) is 0 Å². The highest BCUT2D eigenvalue weighted by molar-refractivity contribution is 7.20. The molecule has 0 aliphatic carbocycles. The summed E-state index contributed by atoms with van der Waals surface area (Å²) in [7, 11) is 2.14. The smallest absolute Gasteiger partial charge is 0.0991 e. The van der Waals surface area contributed by atoms with Gasteiger partial charge in [0.15, 0.2) is 0 Å². The lowest BCUT2D eigenvalue weighted by Gasteiger charge is -2.39. The van der Waals surface area contributed by atoms with E-state index in [9.17, 15) is 0 Å². The number of hydrogen-bond acceptors (Lipinski definition) is 3. The Balaban J connectivity index is 2.12. The maximum atomic E-state index is 6.14. The predicted octanol–water partition coefficient (Wildman–Crippen LogP) is 3.02. The van der Waals surface area contributed by atoms with Gasteiger partial charge in [-0.15, -0.1) is 11.3 Å². The average Bonchev–Trinajstić information content (AvgIpc) is 2.41. The normalized spacial score (nSPS) is 19.3. The van der Waals surface area contributed by atoms with E-state index < -0.39 is 0 Å². The van der Waals surface area contributed by atoms with Crippen LogP contribution in [0.25, 0.3) is 0 Å². The zero-order valence-electron chi connectivity index (χ0n) is 8.76. The molecule has 0 bridgehead atoms. The topological polar surface area (TPSA) is 15.3 Å². The van der Waals surface area contributed by atoms with E-state index in [0.717, 1.165) is 27.3 Å². The third-order valence-electron chi connectivity index (χ3n) is 3.08. The lowest BCUT2D eigenvalue weighted by molar-refractivity contribution is 0.137. The van der Waals surface area contributed by atoms with Gasteiger partial charge in [-0.25, -0.2) is 0 Å². The summed E-state index contributed by atoms with van der Waals surface area (Å²) in [5, 5.41) is 3.27. The molecule has 1 aromatic rings. The number of hydrogen-bond donors (Lipinski definition) is 1. The molecule has 1 N–H and O–H groups in total. The fourth-order valence-corrected chi connectivity index (χ4v) is 3.37. The van der Waals surface area contributed by atoms with Crippen molar-refractivity contribution in [2.24, 2.45) is 0 Å². The number of nitrogens with zero attached hydrogens (tertiary/aromatic N) is 1. The minimum absolute atomic E-state index is 0.327. The molecule has 1 aliphatic rings. The zero-order valence-corrected chi connectivity index (χ0v) is 11.1. The van der Waals surface area contributed by atoms with E-state index in [-0.39, 0.29) is 0 Å². The Bertz CT molecular complexity index is 349. The highest BCUT2D eigenvalue weighted by atomic mass is 35.5. The van der Waals surface area contributed by atoms with E-state index in [1.165, 1.54) is 11.3 Å². The van der Waals surface area contributed by atoms with Crippen molar-refractivity contribution in [3.63, 3.8) is 0 Å². The molecule has 1 fully saturated rings.